The van der Waals surface area contributed by atoms with Gasteiger partial charge in [-0.1, -0.05) is 0 Å². The van der Waals surface area contributed by atoms with Gasteiger partial charge in [-0.3, -0.25) is 4.79 Å². The van der Waals surface area contributed by atoms with E-state index < -0.39 is 0 Å². The Balaban J connectivity index is 1.95. The Hall–Kier alpha value is -0.610. The Kier molecular flexibility index (Phi) is 4.40. The number of carbonyl (C=O) groups is 1. The van der Waals surface area contributed by atoms with Crippen LogP contribution < -0.4 is 5.73 Å². The molecule has 3 unspecified atom stereocenters. The third-order valence-corrected chi connectivity index (χ3v) is 3.96. The first kappa shape index (κ1) is 12.8. The fourth-order valence-corrected chi connectivity index (χ4v) is 3.01. The van der Waals surface area contributed by atoms with Gasteiger partial charge in [-0.2, -0.15) is 0 Å². The summed E-state index contributed by atoms with van der Waals surface area (Å²) in [6, 6.07) is 0.372. The van der Waals surface area contributed by atoms with E-state index in [2.05, 4.69) is 4.90 Å². The van der Waals surface area contributed by atoms with Gasteiger partial charge in [0.25, 0.3) is 0 Å². The van der Waals surface area contributed by atoms with Gasteiger partial charge in [-0.15, -0.1) is 0 Å². The van der Waals surface area contributed by atoms with Crippen LogP contribution in [-0.2, 0) is 9.53 Å². The van der Waals surface area contributed by atoms with E-state index in [-0.39, 0.29) is 12.0 Å². The average Bonchev–Trinajstić information content (AvgIpc) is 2.76. The molecule has 0 aromatic carbocycles. The van der Waals surface area contributed by atoms with Crippen molar-refractivity contribution in [3.63, 3.8) is 0 Å². The Morgan fingerprint density at radius 2 is 2.29 bits per heavy atom. The van der Waals surface area contributed by atoms with Gasteiger partial charge in [-0.05, 0) is 45.6 Å². The lowest BCUT2D eigenvalue weighted by atomic mass is 9.96. The minimum atomic E-state index is 0.0865. The van der Waals surface area contributed by atoms with Gasteiger partial charge in [0.05, 0.1) is 18.6 Å². The molecule has 2 aliphatic heterocycles. The number of amides is 1. The van der Waals surface area contributed by atoms with E-state index in [1.165, 1.54) is 6.42 Å². The summed E-state index contributed by atoms with van der Waals surface area (Å²) in [5.41, 5.74) is 5.63. The number of likely N-dealkylation sites (tertiary alicyclic amines) is 1. The molecule has 0 aliphatic carbocycles. The molecule has 0 saturated carbocycles. The van der Waals surface area contributed by atoms with E-state index in [4.69, 9.17) is 10.5 Å². The van der Waals surface area contributed by atoms with E-state index in [9.17, 15) is 4.79 Å². The SMILES string of the molecule is CC1CC(C(=O)N2CCCCC2CCN)CO1. The van der Waals surface area contributed by atoms with Crippen LogP contribution in [0, 0.1) is 5.92 Å². The van der Waals surface area contributed by atoms with Crippen molar-refractivity contribution in [1.29, 1.82) is 0 Å². The Bertz CT molecular complexity index is 268. The molecule has 2 rings (SSSR count). The van der Waals surface area contributed by atoms with Gasteiger partial charge in [0.15, 0.2) is 0 Å². The molecule has 4 heteroatoms. The predicted molar refractivity (Wildman–Crippen MR) is 66.5 cm³/mol. The second-order valence-electron chi connectivity index (χ2n) is 5.34. The van der Waals surface area contributed by atoms with Crippen LogP contribution in [-0.4, -0.2) is 42.6 Å². The molecule has 2 fully saturated rings. The molecule has 0 radical (unpaired) electrons. The minimum absolute atomic E-state index is 0.0865. The zero-order chi connectivity index (χ0) is 12.3. The van der Waals surface area contributed by atoms with Crippen LogP contribution in [0.5, 0.6) is 0 Å². The van der Waals surface area contributed by atoms with E-state index in [1.54, 1.807) is 0 Å². The fraction of sp³-hybridized carbons (Fsp3) is 0.923. The van der Waals surface area contributed by atoms with Crippen molar-refractivity contribution in [3.05, 3.63) is 0 Å². The van der Waals surface area contributed by atoms with Crippen LogP contribution in [0.25, 0.3) is 0 Å². The first-order valence-electron chi connectivity index (χ1n) is 6.84. The third-order valence-electron chi connectivity index (χ3n) is 3.96. The number of hydrogen-bond acceptors (Lipinski definition) is 3. The maximum absolute atomic E-state index is 12.4. The largest absolute Gasteiger partial charge is 0.378 e. The lowest BCUT2D eigenvalue weighted by molar-refractivity contribution is -0.139. The van der Waals surface area contributed by atoms with Crippen molar-refractivity contribution in [2.75, 3.05) is 19.7 Å². The number of rotatable bonds is 3. The standard InChI is InChI=1S/C13H24N2O2/c1-10-8-11(9-17-10)13(16)15-7-3-2-4-12(15)5-6-14/h10-12H,2-9,14H2,1H3. The molecule has 4 nitrogen and oxygen atoms in total. The Labute approximate surface area is 103 Å². The van der Waals surface area contributed by atoms with Crippen LogP contribution in [0.3, 0.4) is 0 Å². The van der Waals surface area contributed by atoms with Gasteiger partial charge >= 0.3 is 0 Å². The first-order chi connectivity index (χ1) is 8.22. The second-order valence-corrected chi connectivity index (χ2v) is 5.34. The summed E-state index contributed by atoms with van der Waals surface area (Å²) in [6.07, 6.45) is 5.54. The fourth-order valence-electron chi connectivity index (χ4n) is 3.01. The smallest absolute Gasteiger partial charge is 0.228 e. The molecule has 0 aromatic heterocycles. The zero-order valence-electron chi connectivity index (χ0n) is 10.7. The van der Waals surface area contributed by atoms with Crippen molar-refractivity contribution in [1.82, 2.24) is 4.90 Å². The molecule has 3 atom stereocenters. The molecule has 2 saturated heterocycles. The van der Waals surface area contributed by atoms with Gasteiger partial charge in [-0.25, -0.2) is 0 Å². The summed E-state index contributed by atoms with van der Waals surface area (Å²) in [5.74, 6) is 0.385. The van der Waals surface area contributed by atoms with Crippen molar-refractivity contribution in [2.24, 2.45) is 11.7 Å². The highest BCUT2D eigenvalue weighted by Crippen LogP contribution is 2.26. The summed E-state index contributed by atoms with van der Waals surface area (Å²) in [4.78, 5) is 14.5. The molecule has 2 heterocycles. The molecule has 98 valence electrons. The zero-order valence-corrected chi connectivity index (χ0v) is 10.7. The number of ether oxygens (including phenoxy) is 1. The van der Waals surface area contributed by atoms with Crippen molar-refractivity contribution >= 4 is 5.91 Å². The first-order valence-corrected chi connectivity index (χ1v) is 6.84. The lowest BCUT2D eigenvalue weighted by Crippen LogP contribution is -2.47. The number of nitrogens with zero attached hydrogens (tertiary/aromatic N) is 1. The number of carbonyl (C=O) groups excluding carboxylic acids is 1. The number of piperidine rings is 1. The summed E-state index contributed by atoms with van der Waals surface area (Å²) in [7, 11) is 0. The molecule has 17 heavy (non-hydrogen) atoms. The highest BCUT2D eigenvalue weighted by atomic mass is 16.5. The molecule has 0 spiro atoms. The normalized spacial score (nSPS) is 34.0. The maximum atomic E-state index is 12.4. The van der Waals surface area contributed by atoms with Crippen LogP contribution in [0.15, 0.2) is 0 Å². The Morgan fingerprint density at radius 3 is 2.94 bits per heavy atom. The molecule has 2 aliphatic rings. The van der Waals surface area contributed by atoms with Crippen molar-refractivity contribution < 1.29 is 9.53 Å². The summed E-state index contributed by atoms with van der Waals surface area (Å²) in [6.45, 7) is 4.23. The minimum Gasteiger partial charge on any atom is -0.378 e. The van der Waals surface area contributed by atoms with Crippen molar-refractivity contribution in [2.45, 2.75) is 51.2 Å². The van der Waals surface area contributed by atoms with E-state index in [0.29, 0.717) is 25.1 Å². The molecular formula is C13H24N2O2. The van der Waals surface area contributed by atoms with Gasteiger partial charge in [0.2, 0.25) is 5.91 Å². The van der Waals surface area contributed by atoms with Crippen LogP contribution in [0.1, 0.15) is 39.0 Å². The van der Waals surface area contributed by atoms with Gasteiger partial charge < -0.3 is 15.4 Å². The van der Waals surface area contributed by atoms with E-state index in [0.717, 1.165) is 32.2 Å². The van der Waals surface area contributed by atoms with Gasteiger partial charge in [0, 0.05) is 12.6 Å². The highest BCUT2D eigenvalue weighted by Gasteiger charge is 2.35. The summed E-state index contributed by atoms with van der Waals surface area (Å²) < 4.78 is 5.50. The monoisotopic (exact) mass is 240 g/mol. The van der Waals surface area contributed by atoms with Crippen LogP contribution in [0.2, 0.25) is 0 Å². The van der Waals surface area contributed by atoms with Crippen molar-refractivity contribution in [3.8, 4) is 0 Å². The predicted octanol–water partition coefficient (Wildman–Crippen LogP) is 1.14. The summed E-state index contributed by atoms with van der Waals surface area (Å²) >= 11 is 0. The molecule has 0 bridgehead atoms. The van der Waals surface area contributed by atoms with Gasteiger partial charge in [0.1, 0.15) is 0 Å². The molecule has 1 amide bonds. The molecule has 0 aromatic rings. The third kappa shape index (κ3) is 2.99. The molecular weight excluding hydrogens is 216 g/mol. The quantitative estimate of drug-likeness (QED) is 0.805. The van der Waals surface area contributed by atoms with E-state index in [1.807, 2.05) is 6.92 Å². The molecule has 2 N–H and O–H groups in total. The van der Waals surface area contributed by atoms with Crippen LogP contribution >= 0.6 is 0 Å². The summed E-state index contributed by atoms with van der Waals surface area (Å²) in [5, 5.41) is 0. The Morgan fingerprint density at radius 1 is 1.47 bits per heavy atom. The number of hydrogen-bond donors (Lipinski definition) is 1. The maximum Gasteiger partial charge on any atom is 0.228 e. The number of nitrogens with two attached hydrogens (primary N) is 1. The van der Waals surface area contributed by atoms with Crippen LogP contribution in [0.4, 0.5) is 0 Å². The lowest BCUT2D eigenvalue weighted by Gasteiger charge is -2.37. The topological polar surface area (TPSA) is 55.6 Å². The highest BCUT2D eigenvalue weighted by molar-refractivity contribution is 5.79. The van der Waals surface area contributed by atoms with E-state index >= 15 is 0 Å². The average molecular weight is 240 g/mol. The second kappa shape index (κ2) is 5.83.